The van der Waals surface area contributed by atoms with Crippen LogP contribution in [0.1, 0.15) is 64.7 Å². The molecule has 2 fully saturated rings. The lowest BCUT2D eigenvalue weighted by molar-refractivity contribution is 0.196. The van der Waals surface area contributed by atoms with Crippen LogP contribution in [0.2, 0.25) is 0 Å². The zero-order valence-electron chi connectivity index (χ0n) is 9.65. The standard InChI is InChI=1S/C13H25N/c1-13(9-5-6-10-14-13)11-12-7-3-2-4-8-12/h12,14H,2-11H2,1H3. The Hall–Kier alpha value is -0.0400. The summed E-state index contributed by atoms with van der Waals surface area (Å²) in [6.45, 7) is 3.70. The van der Waals surface area contributed by atoms with E-state index >= 15 is 0 Å². The normalized spacial score (nSPS) is 35.8. The molecule has 1 atom stereocenters. The van der Waals surface area contributed by atoms with E-state index in [1.165, 1.54) is 64.3 Å². The Morgan fingerprint density at radius 1 is 1.07 bits per heavy atom. The molecule has 1 N–H and O–H groups in total. The van der Waals surface area contributed by atoms with E-state index in [1.807, 2.05) is 0 Å². The zero-order chi connectivity index (χ0) is 9.86. The summed E-state index contributed by atoms with van der Waals surface area (Å²) in [6, 6.07) is 0. The zero-order valence-corrected chi connectivity index (χ0v) is 9.65. The summed E-state index contributed by atoms with van der Waals surface area (Å²) in [5, 5.41) is 3.74. The van der Waals surface area contributed by atoms with Gasteiger partial charge in [-0.25, -0.2) is 0 Å². The van der Waals surface area contributed by atoms with Gasteiger partial charge in [-0.15, -0.1) is 0 Å². The highest BCUT2D eigenvalue weighted by molar-refractivity contribution is 4.89. The van der Waals surface area contributed by atoms with Crippen molar-refractivity contribution in [1.82, 2.24) is 5.32 Å². The van der Waals surface area contributed by atoms with Gasteiger partial charge in [-0.2, -0.15) is 0 Å². The Kier molecular flexibility index (Phi) is 3.48. The topological polar surface area (TPSA) is 12.0 Å². The average molecular weight is 195 g/mol. The van der Waals surface area contributed by atoms with Crippen LogP contribution in [0, 0.1) is 5.92 Å². The minimum atomic E-state index is 0.486. The van der Waals surface area contributed by atoms with E-state index in [0.29, 0.717) is 5.54 Å². The molecule has 1 aliphatic carbocycles. The van der Waals surface area contributed by atoms with E-state index in [2.05, 4.69) is 12.2 Å². The summed E-state index contributed by atoms with van der Waals surface area (Å²) in [7, 11) is 0. The van der Waals surface area contributed by atoms with Gasteiger partial charge < -0.3 is 5.32 Å². The van der Waals surface area contributed by atoms with Gasteiger partial charge in [0.2, 0.25) is 0 Å². The predicted molar refractivity (Wildman–Crippen MR) is 61.5 cm³/mol. The molecule has 0 aromatic heterocycles. The summed E-state index contributed by atoms with van der Waals surface area (Å²) >= 11 is 0. The van der Waals surface area contributed by atoms with Gasteiger partial charge in [0, 0.05) is 5.54 Å². The third kappa shape index (κ3) is 2.73. The fourth-order valence-corrected chi connectivity index (χ4v) is 3.32. The van der Waals surface area contributed by atoms with Crippen LogP contribution in [0.25, 0.3) is 0 Å². The first-order valence-corrected chi connectivity index (χ1v) is 6.54. The van der Waals surface area contributed by atoms with Crippen LogP contribution < -0.4 is 5.32 Å². The highest BCUT2D eigenvalue weighted by Gasteiger charge is 2.29. The molecule has 2 aliphatic rings. The Morgan fingerprint density at radius 3 is 2.50 bits per heavy atom. The van der Waals surface area contributed by atoms with Gasteiger partial charge >= 0.3 is 0 Å². The maximum Gasteiger partial charge on any atom is 0.0156 e. The molecule has 82 valence electrons. The van der Waals surface area contributed by atoms with Crippen LogP contribution >= 0.6 is 0 Å². The van der Waals surface area contributed by atoms with Crippen molar-refractivity contribution >= 4 is 0 Å². The van der Waals surface area contributed by atoms with Crippen molar-refractivity contribution in [2.24, 2.45) is 5.92 Å². The Bertz CT molecular complexity index is 164. The fourth-order valence-electron chi connectivity index (χ4n) is 3.32. The van der Waals surface area contributed by atoms with Gasteiger partial charge in [0.15, 0.2) is 0 Å². The van der Waals surface area contributed by atoms with Crippen molar-refractivity contribution in [2.75, 3.05) is 6.54 Å². The van der Waals surface area contributed by atoms with Crippen LogP contribution in [0.4, 0.5) is 0 Å². The van der Waals surface area contributed by atoms with E-state index in [9.17, 15) is 0 Å². The number of hydrogen-bond donors (Lipinski definition) is 1. The maximum atomic E-state index is 3.74. The lowest BCUT2D eigenvalue weighted by atomic mass is 9.77. The van der Waals surface area contributed by atoms with Gasteiger partial charge in [0.1, 0.15) is 0 Å². The van der Waals surface area contributed by atoms with E-state index in [-0.39, 0.29) is 0 Å². The number of hydrogen-bond acceptors (Lipinski definition) is 1. The molecule has 2 rings (SSSR count). The number of nitrogens with one attached hydrogen (secondary N) is 1. The molecule has 0 radical (unpaired) electrons. The Morgan fingerprint density at radius 2 is 1.86 bits per heavy atom. The van der Waals surface area contributed by atoms with Crippen LogP contribution in [0.5, 0.6) is 0 Å². The molecule has 1 heteroatoms. The largest absolute Gasteiger partial charge is 0.312 e. The molecule has 0 aromatic rings. The van der Waals surface area contributed by atoms with Gasteiger partial charge in [-0.3, -0.25) is 0 Å². The summed E-state index contributed by atoms with van der Waals surface area (Å²) < 4.78 is 0. The average Bonchev–Trinajstić information content (AvgIpc) is 2.19. The molecule has 0 aromatic carbocycles. The van der Waals surface area contributed by atoms with E-state index in [4.69, 9.17) is 0 Å². The van der Waals surface area contributed by atoms with E-state index < -0.39 is 0 Å². The monoisotopic (exact) mass is 195 g/mol. The molecule has 14 heavy (non-hydrogen) atoms. The van der Waals surface area contributed by atoms with Gasteiger partial charge in [0.25, 0.3) is 0 Å². The Labute approximate surface area is 88.7 Å². The van der Waals surface area contributed by atoms with Gasteiger partial charge in [-0.05, 0) is 38.6 Å². The van der Waals surface area contributed by atoms with Crippen LogP contribution in [0.3, 0.4) is 0 Å². The maximum absolute atomic E-state index is 3.74. The van der Waals surface area contributed by atoms with Gasteiger partial charge in [0.05, 0.1) is 0 Å². The molecule has 1 heterocycles. The second kappa shape index (κ2) is 4.65. The molecule has 1 saturated heterocycles. The van der Waals surface area contributed by atoms with Crippen LogP contribution in [0.15, 0.2) is 0 Å². The molecule has 0 bridgehead atoms. The number of rotatable bonds is 2. The number of piperidine rings is 1. The lowest BCUT2D eigenvalue weighted by Gasteiger charge is -2.39. The Balaban J connectivity index is 1.81. The van der Waals surface area contributed by atoms with Crippen molar-refractivity contribution in [2.45, 2.75) is 70.3 Å². The molecule has 0 amide bonds. The van der Waals surface area contributed by atoms with E-state index in [1.54, 1.807) is 0 Å². The highest BCUT2D eigenvalue weighted by atomic mass is 15.0. The van der Waals surface area contributed by atoms with Crippen molar-refractivity contribution in [3.8, 4) is 0 Å². The first kappa shape index (κ1) is 10.5. The molecule has 1 nitrogen and oxygen atoms in total. The van der Waals surface area contributed by atoms with Crippen LogP contribution in [-0.4, -0.2) is 12.1 Å². The van der Waals surface area contributed by atoms with Crippen molar-refractivity contribution in [3.05, 3.63) is 0 Å². The predicted octanol–water partition coefficient (Wildman–Crippen LogP) is 3.49. The molecular weight excluding hydrogens is 170 g/mol. The third-order valence-electron chi connectivity index (χ3n) is 4.17. The highest BCUT2D eigenvalue weighted by Crippen LogP contribution is 2.33. The minimum Gasteiger partial charge on any atom is -0.312 e. The summed E-state index contributed by atoms with van der Waals surface area (Å²) in [5.74, 6) is 1.03. The molecule has 1 unspecified atom stereocenters. The van der Waals surface area contributed by atoms with Crippen molar-refractivity contribution in [1.29, 1.82) is 0 Å². The van der Waals surface area contributed by atoms with Gasteiger partial charge in [-0.1, -0.05) is 38.5 Å². The second-order valence-electron chi connectivity index (χ2n) is 5.65. The van der Waals surface area contributed by atoms with Crippen LogP contribution in [-0.2, 0) is 0 Å². The summed E-state index contributed by atoms with van der Waals surface area (Å²) in [4.78, 5) is 0. The first-order valence-electron chi connectivity index (χ1n) is 6.54. The first-order chi connectivity index (χ1) is 6.79. The molecule has 0 spiro atoms. The van der Waals surface area contributed by atoms with Crippen molar-refractivity contribution in [3.63, 3.8) is 0 Å². The smallest absolute Gasteiger partial charge is 0.0156 e. The van der Waals surface area contributed by atoms with Crippen molar-refractivity contribution < 1.29 is 0 Å². The van der Waals surface area contributed by atoms with E-state index in [0.717, 1.165) is 5.92 Å². The molecule has 1 saturated carbocycles. The SMILES string of the molecule is CC1(CC2CCCCC2)CCCCN1. The summed E-state index contributed by atoms with van der Waals surface area (Å²) in [5.41, 5.74) is 0.486. The summed E-state index contributed by atoms with van der Waals surface area (Å²) in [6.07, 6.45) is 13.1. The minimum absolute atomic E-state index is 0.486. The second-order valence-corrected chi connectivity index (χ2v) is 5.65. The lowest BCUT2D eigenvalue weighted by Crippen LogP contribution is -2.47. The quantitative estimate of drug-likeness (QED) is 0.711. The fraction of sp³-hybridized carbons (Fsp3) is 1.00. The molecule has 1 aliphatic heterocycles. The molecular formula is C13H25N. The third-order valence-corrected chi connectivity index (χ3v) is 4.17.